The first-order valence-electron chi connectivity index (χ1n) is 7.76. The van der Waals surface area contributed by atoms with Crippen molar-refractivity contribution < 1.29 is 9.53 Å². The van der Waals surface area contributed by atoms with E-state index in [0.717, 1.165) is 17.3 Å². The molecule has 24 heavy (non-hydrogen) atoms. The lowest BCUT2D eigenvalue weighted by Crippen LogP contribution is -2.22. The predicted octanol–water partition coefficient (Wildman–Crippen LogP) is 3.34. The number of carbonyl (C=O) groups is 1. The van der Waals surface area contributed by atoms with E-state index in [0.29, 0.717) is 34.9 Å². The number of aryl methyl sites for hydroxylation is 1. The Morgan fingerprint density at radius 1 is 1.38 bits per heavy atom. The molecule has 3 N–H and O–H groups in total. The minimum absolute atomic E-state index is 0.120. The number of carbonyl (C=O) groups excluding carboxylic acids is 1. The number of anilines is 1. The van der Waals surface area contributed by atoms with Crippen LogP contribution in [0.1, 0.15) is 35.8 Å². The first-order chi connectivity index (χ1) is 11.5. The molecule has 0 aliphatic carbocycles. The summed E-state index contributed by atoms with van der Waals surface area (Å²) in [6.07, 6.45) is 1.98. The van der Waals surface area contributed by atoms with Crippen LogP contribution in [0.2, 0.25) is 0 Å². The molecule has 0 radical (unpaired) electrons. The molecule has 0 unspecified atom stereocenters. The van der Waals surface area contributed by atoms with Crippen molar-refractivity contribution in [3.8, 4) is 17.0 Å². The zero-order valence-electron chi connectivity index (χ0n) is 14.0. The lowest BCUT2D eigenvalue weighted by atomic mass is 10.0. The Balaban J connectivity index is 2.62. The second-order valence-electron chi connectivity index (χ2n) is 5.31. The van der Waals surface area contributed by atoms with Crippen LogP contribution < -0.4 is 15.8 Å². The highest BCUT2D eigenvalue weighted by atomic mass is 79.9. The molecule has 1 amide bonds. The van der Waals surface area contributed by atoms with Gasteiger partial charge in [0.05, 0.1) is 23.6 Å². The minimum atomic E-state index is -0.262. The van der Waals surface area contributed by atoms with Crippen LogP contribution in [0.25, 0.3) is 11.3 Å². The van der Waals surface area contributed by atoms with E-state index in [9.17, 15) is 4.79 Å². The van der Waals surface area contributed by atoms with Crippen LogP contribution in [-0.2, 0) is 0 Å². The molecule has 0 saturated heterocycles. The Morgan fingerprint density at radius 2 is 2.12 bits per heavy atom. The van der Waals surface area contributed by atoms with Crippen LogP contribution in [0.4, 0.5) is 5.95 Å². The van der Waals surface area contributed by atoms with Crippen LogP contribution in [0.15, 0.2) is 22.7 Å². The van der Waals surface area contributed by atoms with Crippen LogP contribution in [-0.4, -0.2) is 29.5 Å². The molecule has 0 aliphatic heterocycles. The Hall–Kier alpha value is -2.15. The fraction of sp³-hybridized carbons (Fsp3) is 0.353. The number of nitrogen functional groups attached to an aromatic ring is 1. The summed E-state index contributed by atoms with van der Waals surface area (Å²) in [5.41, 5.74) is 7.90. The number of nitrogens with one attached hydrogen (secondary N) is 1. The lowest BCUT2D eigenvalue weighted by Gasteiger charge is -2.15. The molecule has 0 atom stereocenters. The minimum Gasteiger partial charge on any atom is -0.493 e. The number of amides is 1. The second kappa shape index (κ2) is 8.10. The van der Waals surface area contributed by atoms with E-state index in [-0.39, 0.29) is 11.9 Å². The highest BCUT2D eigenvalue weighted by Crippen LogP contribution is 2.35. The summed E-state index contributed by atoms with van der Waals surface area (Å²) in [6.45, 7) is 4.44. The zero-order valence-corrected chi connectivity index (χ0v) is 15.6. The van der Waals surface area contributed by atoms with Crippen molar-refractivity contribution in [1.82, 2.24) is 15.3 Å². The van der Waals surface area contributed by atoms with Crippen molar-refractivity contribution in [1.29, 1.82) is 0 Å². The van der Waals surface area contributed by atoms with Gasteiger partial charge in [-0.3, -0.25) is 4.79 Å². The SMILES string of the molecule is CCCCOc1ccc(Br)cc1-c1nc(N)nc(C)c1C(=O)NC. The number of halogens is 1. The predicted molar refractivity (Wildman–Crippen MR) is 98.1 cm³/mol. The lowest BCUT2D eigenvalue weighted by molar-refractivity contribution is 0.0962. The van der Waals surface area contributed by atoms with Gasteiger partial charge in [0, 0.05) is 17.1 Å². The molecule has 2 aromatic rings. The Kier molecular flexibility index (Phi) is 6.14. The van der Waals surface area contributed by atoms with E-state index in [4.69, 9.17) is 10.5 Å². The van der Waals surface area contributed by atoms with Gasteiger partial charge in [-0.2, -0.15) is 0 Å². The summed E-state index contributed by atoms with van der Waals surface area (Å²) in [6, 6.07) is 5.62. The maximum atomic E-state index is 12.3. The molecule has 0 aliphatic rings. The first kappa shape index (κ1) is 18.2. The smallest absolute Gasteiger partial charge is 0.255 e. The molecular formula is C17H21BrN4O2. The monoisotopic (exact) mass is 392 g/mol. The third-order valence-corrected chi connectivity index (χ3v) is 4.01. The van der Waals surface area contributed by atoms with Crippen molar-refractivity contribution in [2.75, 3.05) is 19.4 Å². The highest BCUT2D eigenvalue weighted by molar-refractivity contribution is 9.10. The number of nitrogens with zero attached hydrogens (tertiary/aromatic N) is 2. The Bertz CT molecular complexity index is 750. The number of aromatic nitrogens is 2. The van der Waals surface area contributed by atoms with Gasteiger partial charge in [0.25, 0.3) is 5.91 Å². The normalized spacial score (nSPS) is 10.5. The average molecular weight is 393 g/mol. The third kappa shape index (κ3) is 4.03. The van der Waals surface area contributed by atoms with Crippen LogP contribution in [0.3, 0.4) is 0 Å². The fourth-order valence-electron chi connectivity index (χ4n) is 2.33. The number of nitrogens with two attached hydrogens (primary N) is 1. The molecule has 1 aromatic heterocycles. The molecule has 6 nitrogen and oxygen atoms in total. The Labute approximate surface area is 150 Å². The van der Waals surface area contributed by atoms with Crippen LogP contribution in [0, 0.1) is 6.92 Å². The highest BCUT2D eigenvalue weighted by Gasteiger charge is 2.21. The summed E-state index contributed by atoms with van der Waals surface area (Å²) in [5.74, 6) is 0.519. The molecule has 2 rings (SSSR count). The van der Waals surface area contributed by atoms with Gasteiger partial charge in [-0.1, -0.05) is 29.3 Å². The number of unbranched alkanes of at least 4 members (excludes halogenated alkanes) is 1. The quantitative estimate of drug-likeness (QED) is 0.735. The summed E-state index contributed by atoms with van der Waals surface area (Å²) in [4.78, 5) is 20.7. The number of hydrogen-bond donors (Lipinski definition) is 2. The van der Waals surface area contributed by atoms with E-state index >= 15 is 0 Å². The average Bonchev–Trinajstić information content (AvgIpc) is 2.55. The van der Waals surface area contributed by atoms with E-state index in [2.05, 4.69) is 38.1 Å². The summed E-state index contributed by atoms with van der Waals surface area (Å²) in [7, 11) is 1.57. The number of benzene rings is 1. The molecule has 0 fully saturated rings. The largest absolute Gasteiger partial charge is 0.493 e. The van der Waals surface area contributed by atoms with Crippen molar-refractivity contribution in [2.45, 2.75) is 26.7 Å². The standard InChI is InChI=1S/C17H21BrN4O2/c1-4-5-8-24-13-7-6-11(18)9-12(13)15-14(16(23)20-3)10(2)21-17(19)22-15/h6-7,9H,4-5,8H2,1-3H3,(H,20,23)(H2,19,21,22). The summed E-state index contributed by atoms with van der Waals surface area (Å²) >= 11 is 3.46. The van der Waals surface area contributed by atoms with E-state index in [1.54, 1.807) is 14.0 Å². The third-order valence-electron chi connectivity index (χ3n) is 3.51. The summed E-state index contributed by atoms with van der Waals surface area (Å²) < 4.78 is 6.74. The molecule has 128 valence electrons. The van der Waals surface area contributed by atoms with Crippen molar-refractivity contribution in [3.05, 3.63) is 33.9 Å². The molecule has 7 heteroatoms. The van der Waals surface area contributed by atoms with Gasteiger partial charge in [0.1, 0.15) is 5.75 Å². The van der Waals surface area contributed by atoms with Crippen LogP contribution in [0.5, 0.6) is 5.75 Å². The van der Waals surface area contributed by atoms with Gasteiger partial charge in [-0.25, -0.2) is 9.97 Å². The van der Waals surface area contributed by atoms with E-state index < -0.39 is 0 Å². The fourth-order valence-corrected chi connectivity index (χ4v) is 2.69. The van der Waals surface area contributed by atoms with E-state index in [1.165, 1.54) is 0 Å². The van der Waals surface area contributed by atoms with Gasteiger partial charge in [0.15, 0.2) is 0 Å². The van der Waals surface area contributed by atoms with Crippen LogP contribution >= 0.6 is 15.9 Å². The first-order valence-corrected chi connectivity index (χ1v) is 8.56. The number of rotatable bonds is 6. The van der Waals surface area contributed by atoms with Gasteiger partial charge >= 0.3 is 0 Å². The molecular weight excluding hydrogens is 372 g/mol. The molecule has 1 aromatic carbocycles. The Morgan fingerprint density at radius 3 is 2.79 bits per heavy atom. The summed E-state index contributed by atoms with van der Waals surface area (Å²) in [5, 5.41) is 2.63. The van der Waals surface area contributed by atoms with Crippen molar-refractivity contribution in [2.24, 2.45) is 0 Å². The van der Waals surface area contributed by atoms with Crippen molar-refractivity contribution >= 4 is 27.8 Å². The molecule has 0 saturated carbocycles. The van der Waals surface area contributed by atoms with Gasteiger partial charge in [-0.05, 0) is 31.5 Å². The number of hydrogen-bond acceptors (Lipinski definition) is 5. The van der Waals surface area contributed by atoms with E-state index in [1.807, 2.05) is 18.2 Å². The van der Waals surface area contributed by atoms with Crippen molar-refractivity contribution in [3.63, 3.8) is 0 Å². The van der Waals surface area contributed by atoms with Gasteiger partial charge < -0.3 is 15.8 Å². The van der Waals surface area contributed by atoms with Gasteiger partial charge in [0.2, 0.25) is 5.95 Å². The maximum Gasteiger partial charge on any atom is 0.255 e. The molecule has 0 spiro atoms. The maximum absolute atomic E-state index is 12.3. The topological polar surface area (TPSA) is 90.1 Å². The zero-order chi connectivity index (χ0) is 17.7. The van der Waals surface area contributed by atoms with Gasteiger partial charge in [-0.15, -0.1) is 0 Å². The number of ether oxygens (including phenoxy) is 1. The second-order valence-corrected chi connectivity index (χ2v) is 6.23. The molecule has 0 bridgehead atoms. The molecule has 1 heterocycles.